The maximum Gasteiger partial charge on any atom is 0.299 e. The van der Waals surface area contributed by atoms with Crippen molar-refractivity contribution in [2.24, 2.45) is 0 Å². The molecule has 3 nitrogen and oxygen atoms in total. The molecule has 0 aromatic carbocycles. The van der Waals surface area contributed by atoms with Gasteiger partial charge in [0.25, 0.3) is 11.0 Å². The first kappa shape index (κ1) is 10.0. The topological polar surface area (TPSA) is 43.4 Å². The lowest BCUT2D eigenvalue weighted by atomic mass is 10.5. The lowest BCUT2D eigenvalue weighted by Crippen LogP contribution is -1.86. The first-order chi connectivity index (χ1) is 6.29. The van der Waals surface area contributed by atoms with Crippen LogP contribution in [0.3, 0.4) is 0 Å². The summed E-state index contributed by atoms with van der Waals surface area (Å²) in [6.45, 7) is 0. The third kappa shape index (κ3) is 4.49. The van der Waals surface area contributed by atoms with Crippen molar-refractivity contribution >= 4 is 22.3 Å². The molecule has 1 aromatic rings. The molecule has 0 N–H and O–H groups in total. The fourth-order valence-corrected chi connectivity index (χ4v) is 1.67. The van der Waals surface area contributed by atoms with Gasteiger partial charge in [0.2, 0.25) is 0 Å². The van der Waals surface area contributed by atoms with Crippen molar-refractivity contribution in [1.29, 1.82) is 0 Å². The average molecular weight is 216 g/mol. The number of hydrogen-bond donors (Lipinski definition) is 1. The Morgan fingerprint density at radius 2 is 1.77 bits per heavy atom. The van der Waals surface area contributed by atoms with Crippen LogP contribution in [0.1, 0.15) is 0 Å². The Morgan fingerprint density at radius 1 is 1.08 bits per heavy atom. The summed E-state index contributed by atoms with van der Waals surface area (Å²) in [6.07, 6.45) is 0. The van der Waals surface area contributed by atoms with E-state index in [-0.39, 0.29) is 0 Å². The number of rotatable bonds is 2. The van der Waals surface area contributed by atoms with Crippen molar-refractivity contribution in [3.8, 4) is 5.06 Å². The largest absolute Gasteiger partial charge is 0.373 e. The molecule has 1 rings (SSSR count). The Kier molecular flexibility index (Phi) is 4.28. The second-order valence-electron chi connectivity index (χ2n) is 2.02. The fraction of sp³-hybridized carbons (Fsp3) is 0. The number of hydrogen-bond acceptors (Lipinski definition) is 4. The summed E-state index contributed by atoms with van der Waals surface area (Å²) in [5, 5.41) is 2.08. The summed E-state index contributed by atoms with van der Waals surface area (Å²) in [6, 6.07) is 10.6. The van der Waals surface area contributed by atoms with Crippen LogP contribution in [-0.4, -0.2) is 8.42 Å². The van der Waals surface area contributed by atoms with Gasteiger partial charge in [0.15, 0.2) is 5.06 Å². The Labute approximate surface area is 82.1 Å². The van der Waals surface area contributed by atoms with Gasteiger partial charge in [-0.15, -0.1) is 11.3 Å². The molecule has 0 amide bonds. The maximum atomic E-state index is 10.2. The zero-order valence-electron chi connectivity index (χ0n) is 6.62. The molecule has 0 atom stereocenters. The molecule has 1 aromatic heterocycles. The van der Waals surface area contributed by atoms with Gasteiger partial charge in [-0.1, -0.05) is 30.3 Å². The minimum atomic E-state index is -2.83. The Morgan fingerprint density at radius 3 is 2.54 bits per heavy atom. The summed E-state index contributed by atoms with van der Waals surface area (Å²) < 4.78 is 25.0. The molecular formula is C8H8O3S2. The molecule has 0 radical (unpaired) electrons. The van der Waals surface area contributed by atoms with Crippen molar-refractivity contribution in [3.63, 3.8) is 0 Å². The van der Waals surface area contributed by atoms with Gasteiger partial charge in [0, 0.05) is 0 Å². The first-order valence-electron chi connectivity index (χ1n) is 3.48. The quantitative estimate of drug-likeness (QED) is 0.766. The van der Waals surface area contributed by atoms with Crippen LogP contribution in [0.2, 0.25) is 0 Å². The van der Waals surface area contributed by atoms with Gasteiger partial charge in [-0.3, -0.25) is 0 Å². The minimum Gasteiger partial charge on any atom is -0.373 e. The van der Waals surface area contributed by atoms with E-state index < -0.39 is 11.0 Å². The van der Waals surface area contributed by atoms with E-state index >= 15 is 0 Å². The van der Waals surface area contributed by atoms with Gasteiger partial charge in [-0.2, -0.15) is 8.42 Å². The van der Waals surface area contributed by atoms with E-state index in [9.17, 15) is 8.42 Å². The van der Waals surface area contributed by atoms with Gasteiger partial charge in [0.1, 0.15) is 0 Å². The highest BCUT2D eigenvalue weighted by atomic mass is 32.2. The lowest BCUT2D eigenvalue weighted by molar-refractivity contribution is 0.517. The number of thiol groups is 1. The summed E-state index contributed by atoms with van der Waals surface area (Å²) >= 11 is 1.21. The second-order valence-corrected chi connectivity index (χ2v) is 3.56. The van der Waals surface area contributed by atoms with Crippen LogP contribution in [0, 0.1) is 0 Å². The molecule has 0 aliphatic heterocycles. The summed E-state index contributed by atoms with van der Waals surface area (Å²) in [5.41, 5.74) is 0. The van der Waals surface area contributed by atoms with Crippen LogP contribution in [0.15, 0.2) is 41.8 Å². The van der Waals surface area contributed by atoms with Crippen LogP contribution in [0.5, 0.6) is 5.06 Å². The molecular weight excluding hydrogens is 208 g/mol. The predicted molar refractivity (Wildman–Crippen MR) is 52.9 cm³/mol. The highest BCUT2D eigenvalue weighted by Crippen LogP contribution is 2.13. The average Bonchev–Trinajstić information content (AvgIpc) is 2.17. The van der Waals surface area contributed by atoms with Crippen LogP contribution < -0.4 is 4.18 Å². The van der Waals surface area contributed by atoms with Crippen LogP contribution in [-0.2, 0) is 11.0 Å². The van der Waals surface area contributed by atoms with E-state index in [2.05, 4.69) is 4.18 Å². The summed E-state index contributed by atoms with van der Waals surface area (Å²) in [5.74, 6) is 0. The van der Waals surface area contributed by atoms with Crippen molar-refractivity contribution in [2.75, 3.05) is 0 Å². The molecule has 0 aliphatic carbocycles. The Bertz CT molecular complexity index is 349. The molecule has 0 fully saturated rings. The molecule has 1 heterocycles. The molecule has 0 saturated carbocycles. The smallest absolute Gasteiger partial charge is 0.299 e. The Hall–Kier alpha value is -1.07. The third-order valence-electron chi connectivity index (χ3n) is 1.10. The van der Waals surface area contributed by atoms with E-state index in [0.29, 0.717) is 5.06 Å². The van der Waals surface area contributed by atoms with Crippen molar-refractivity contribution in [1.82, 2.24) is 0 Å². The monoisotopic (exact) mass is 216 g/mol. The van der Waals surface area contributed by atoms with Crippen molar-refractivity contribution in [3.05, 3.63) is 41.8 Å². The fourth-order valence-electron chi connectivity index (χ4n) is 0.643. The zero-order chi connectivity index (χ0) is 9.52. The Balaban J connectivity index is 3.04. The summed E-state index contributed by atoms with van der Waals surface area (Å²) in [7, 11) is -2.83. The second kappa shape index (κ2) is 5.55. The van der Waals surface area contributed by atoms with Crippen molar-refractivity contribution < 1.29 is 12.6 Å². The van der Waals surface area contributed by atoms with Crippen LogP contribution in [0.25, 0.3) is 0 Å². The van der Waals surface area contributed by atoms with Crippen LogP contribution >= 0.6 is 11.3 Å². The molecule has 0 bridgehead atoms. The van der Waals surface area contributed by atoms with E-state index in [0.717, 1.165) is 0 Å². The van der Waals surface area contributed by atoms with Gasteiger partial charge in [0.05, 0.1) is 0 Å². The van der Waals surface area contributed by atoms with Gasteiger partial charge in [-0.25, -0.2) is 0 Å². The molecule has 0 spiro atoms. The van der Waals surface area contributed by atoms with Gasteiger partial charge < -0.3 is 4.18 Å². The normalized spacial score (nSPS) is 9.31. The molecule has 5 heteroatoms. The first-order valence-corrected chi connectivity index (χ1v) is 5.46. The highest BCUT2D eigenvalue weighted by molar-refractivity contribution is 7.67. The van der Waals surface area contributed by atoms with E-state index in [1.54, 1.807) is 29.6 Å². The predicted octanol–water partition coefficient (Wildman–Crippen LogP) is 1.78. The van der Waals surface area contributed by atoms with E-state index in [4.69, 9.17) is 0 Å². The molecule has 0 unspecified atom stereocenters. The molecule has 13 heavy (non-hydrogen) atoms. The van der Waals surface area contributed by atoms with E-state index in [1.807, 2.05) is 12.1 Å². The molecule has 70 valence electrons. The summed E-state index contributed by atoms with van der Waals surface area (Å²) in [4.78, 5) is 0. The van der Waals surface area contributed by atoms with Crippen LogP contribution in [0.4, 0.5) is 0 Å². The molecule has 0 aliphatic rings. The lowest BCUT2D eigenvalue weighted by Gasteiger charge is -1.89. The van der Waals surface area contributed by atoms with Gasteiger partial charge in [-0.05, 0) is 11.4 Å². The SMILES string of the molecule is O=[SH](=O)Oc1cccccccs1. The molecule has 0 saturated heterocycles. The van der Waals surface area contributed by atoms with Crippen molar-refractivity contribution in [2.45, 2.75) is 0 Å². The van der Waals surface area contributed by atoms with E-state index in [1.165, 1.54) is 11.3 Å². The maximum absolute atomic E-state index is 10.2. The van der Waals surface area contributed by atoms with Gasteiger partial charge >= 0.3 is 0 Å². The highest BCUT2D eigenvalue weighted by Gasteiger charge is 1.88. The third-order valence-corrected chi connectivity index (χ3v) is 2.32. The zero-order valence-corrected chi connectivity index (χ0v) is 8.33. The minimum absolute atomic E-state index is 0.340. The standard InChI is InChI=1S/C8H8O3S2/c9-13(10)11-8-6-4-2-1-3-5-7-12-8/h1-7,13H.